The third-order valence-electron chi connectivity index (χ3n) is 0.616. The third kappa shape index (κ3) is 7.37. The van der Waals surface area contributed by atoms with Gasteiger partial charge >= 0.3 is 0 Å². The Bertz CT molecular complexity index is 88.7. The first kappa shape index (κ1) is 8.37. The number of rotatable bonds is 5. The number of nitrogens with zero attached hydrogens (tertiary/aromatic N) is 1. The van der Waals surface area contributed by atoms with Gasteiger partial charge in [0.05, 0.1) is 19.1 Å². The lowest BCUT2D eigenvalue weighted by molar-refractivity contribution is -0.106. The highest BCUT2D eigenvalue weighted by atomic mass is 16.7. The Morgan fingerprint density at radius 3 is 2.78 bits per heavy atom. The molecule has 0 bridgehead atoms. The maximum absolute atomic E-state index is 8.06. The van der Waals surface area contributed by atoms with Crippen LogP contribution in [0.3, 0.4) is 0 Å². The molecule has 4 heteroatoms. The van der Waals surface area contributed by atoms with Crippen molar-refractivity contribution < 1.29 is 14.6 Å². The number of ether oxygens (including phenoxy) is 2. The van der Waals surface area contributed by atoms with Gasteiger partial charge in [0.1, 0.15) is 13.6 Å². The van der Waals surface area contributed by atoms with Gasteiger partial charge in [-0.15, -0.1) is 0 Å². The molecular formula is C5H9NO3. The molecule has 0 aliphatic rings. The fourth-order valence-electron chi connectivity index (χ4n) is 0.273. The van der Waals surface area contributed by atoms with Gasteiger partial charge in [0.2, 0.25) is 0 Å². The summed E-state index contributed by atoms with van der Waals surface area (Å²) in [6.07, 6.45) is 0.356. The summed E-state index contributed by atoms with van der Waals surface area (Å²) >= 11 is 0. The average Bonchev–Trinajstić information content (AvgIpc) is 1.89. The molecule has 0 saturated heterocycles. The summed E-state index contributed by atoms with van der Waals surface area (Å²) in [6.45, 7) is 0.0707. The molecule has 1 N–H and O–H groups in total. The molecule has 0 aromatic carbocycles. The normalized spacial score (nSPS) is 8.89. The van der Waals surface area contributed by atoms with E-state index >= 15 is 0 Å². The summed E-state index contributed by atoms with van der Waals surface area (Å²) in [5.41, 5.74) is 0. The van der Waals surface area contributed by atoms with Crippen LogP contribution in [0.15, 0.2) is 0 Å². The Kier molecular flexibility index (Phi) is 6.85. The molecule has 0 heterocycles. The maximum atomic E-state index is 8.06. The Labute approximate surface area is 53.6 Å². The fourth-order valence-corrected chi connectivity index (χ4v) is 0.273. The van der Waals surface area contributed by atoms with Crippen LogP contribution < -0.4 is 0 Å². The van der Waals surface area contributed by atoms with Gasteiger partial charge < -0.3 is 14.6 Å². The van der Waals surface area contributed by atoms with Crippen LogP contribution in [0.2, 0.25) is 0 Å². The highest BCUT2D eigenvalue weighted by Gasteiger charge is 1.83. The second kappa shape index (κ2) is 7.37. The fraction of sp³-hybridized carbons (Fsp3) is 0.800. The van der Waals surface area contributed by atoms with Crippen molar-refractivity contribution in [3.05, 3.63) is 0 Å². The van der Waals surface area contributed by atoms with Gasteiger partial charge in [-0.2, -0.15) is 5.26 Å². The number of aliphatic hydroxyl groups is 1. The van der Waals surface area contributed by atoms with Crippen LogP contribution in [0.5, 0.6) is 0 Å². The van der Waals surface area contributed by atoms with E-state index in [9.17, 15) is 0 Å². The van der Waals surface area contributed by atoms with Gasteiger partial charge in [-0.3, -0.25) is 0 Å². The molecule has 0 spiro atoms. The van der Waals surface area contributed by atoms with E-state index in [1.54, 1.807) is 0 Å². The second-order valence-corrected chi connectivity index (χ2v) is 1.27. The number of aliphatic hydroxyl groups excluding tert-OH is 1. The number of nitriles is 1. The summed E-state index contributed by atoms with van der Waals surface area (Å²) in [5.74, 6) is 0. The van der Waals surface area contributed by atoms with E-state index in [4.69, 9.17) is 15.1 Å². The smallest absolute Gasteiger partial charge is 0.149 e. The second-order valence-electron chi connectivity index (χ2n) is 1.27. The molecular weight excluding hydrogens is 122 g/mol. The zero-order chi connectivity index (χ0) is 6.95. The van der Waals surface area contributed by atoms with Crippen LogP contribution in [0.1, 0.15) is 6.42 Å². The molecule has 52 valence electrons. The van der Waals surface area contributed by atoms with Crippen molar-refractivity contribution in [3.8, 4) is 6.07 Å². The summed E-state index contributed by atoms with van der Waals surface area (Å²) in [5, 5.41) is 16.1. The van der Waals surface area contributed by atoms with E-state index < -0.39 is 0 Å². The van der Waals surface area contributed by atoms with Crippen molar-refractivity contribution in [2.45, 2.75) is 6.42 Å². The molecule has 9 heavy (non-hydrogen) atoms. The number of hydrogen-bond acceptors (Lipinski definition) is 4. The molecule has 0 atom stereocenters. The SMILES string of the molecule is N#CCCOCOCO. The molecule has 0 saturated carbocycles. The van der Waals surface area contributed by atoms with Crippen molar-refractivity contribution in [2.75, 3.05) is 20.2 Å². The van der Waals surface area contributed by atoms with Crippen LogP contribution in [0.25, 0.3) is 0 Å². The summed E-state index contributed by atoms with van der Waals surface area (Å²) in [4.78, 5) is 0. The molecule has 4 nitrogen and oxygen atoms in total. The highest BCUT2D eigenvalue weighted by molar-refractivity contribution is 4.66. The summed E-state index contributed by atoms with van der Waals surface area (Å²) < 4.78 is 9.11. The number of hydrogen-bond donors (Lipinski definition) is 1. The molecule has 0 fully saturated rings. The Morgan fingerprint density at radius 2 is 2.22 bits per heavy atom. The van der Waals surface area contributed by atoms with E-state index in [2.05, 4.69) is 4.74 Å². The van der Waals surface area contributed by atoms with E-state index in [0.29, 0.717) is 13.0 Å². The molecule has 0 aliphatic heterocycles. The predicted octanol–water partition coefficient (Wildman–Crippen LogP) is -0.159. The van der Waals surface area contributed by atoms with Gasteiger partial charge in [-0.1, -0.05) is 0 Å². The Balaban J connectivity index is 2.69. The van der Waals surface area contributed by atoms with Gasteiger partial charge in [0.15, 0.2) is 0 Å². The van der Waals surface area contributed by atoms with E-state index in [1.165, 1.54) is 0 Å². The van der Waals surface area contributed by atoms with E-state index in [0.717, 1.165) is 0 Å². The summed E-state index contributed by atoms with van der Waals surface area (Å²) in [7, 11) is 0. The van der Waals surface area contributed by atoms with Crippen molar-refractivity contribution in [2.24, 2.45) is 0 Å². The Hall–Kier alpha value is -0.630. The standard InChI is InChI=1S/C5H9NO3/c6-2-1-3-8-5-9-4-7/h7H,1,3-5H2. The van der Waals surface area contributed by atoms with Gasteiger partial charge in [0.25, 0.3) is 0 Å². The lowest BCUT2D eigenvalue weighted by Crippen LogP contribution is -2.01. The molecule has 0 aliphatic carbocycles. The van der Waals surface area contributed by atoms with Crippen LogP contribution >= 0.6 is 0 Å². The zero-order valence-electron chi connectivity index (χ0n) is 5.04. The van der Waals surface area contributed by atoms with Crippen molar-refractivity contribution in [1.29, 1.82) is 5.26 Å². The molecule has 0 aromatic heterocycles. The molecule has 0 radical (unpaired) electrons. The first-order valence-electron chi connectivity index (χ1n) is 2.55. The molecule has 0 aromatic rings. The monoisotopic (exact) mass is 131 g/mol. The molecule has 0 rings (SSSR count). The van der Waals surface area contributed by atoms with Crippen LogP contribution in [-0.4, -0.2) is 25.3 Å². The van der Waals surface area contributed by atoms with Gasteiger partial charge in [-0.05, 0) is 0 Å². The van der Waals surface area contributed by atoms with Crippen molar-refractivity contribution >= 4 is 0 Å². The average molecular weight is 131 g/mol. The van der Waals surface area contributed by atoms with E-state index in [1.807, 2.05) is 6.07 Å². The van der Waals surface area contributed by atoms with Crippen molar-refractivity contribution in [1.82, 2.24) is 0 Å². The molecule has 0 unspecified atom stereocenters. The largest absolute Gasteiger partial charge is 0.371 e. The van der Waals surface area contributed by atoms with Crippen molar-refractivity contribution in [3.63, 3.8) is 0 Å². The maximum Gasteiger partial charge on any atom is 0.149 e. The highest BCUT2D eigenvalue weighted by Crippen LogP contribution is 1.79. The minimum absolute atomic E-state index is 0.0537. The first-order valence-corrected chi connectivity index (χ1v) is 2.55. The molecule has 0 amide bonds. The third-order valence-corrected chi connectivity index (χ3v) is 0.616. The van der Waals surface area contributed by atoms with Crippen LogP contribution in [0, 0.1) is 11.3 Å². The first-order chi connectivity index (χ1) is 4.41. The Morgan fingerprint density at radius 1 is 1.44 bits per heavy atom. The topological polar surface area (TPSA) is 62.5 Å². The van der Waals surface area contributed by atoms with Gasteiger partial charge in [-0.25, -0.2) is 0 Å². The van der Waals surface area contributed by atoms with Crippen LogP contribution in [-0.2, 0) is 9.47 Å². The lowest BCUT2D eigenvalue weighted by Gasteiger charge is -1.98. The van der Waals surface area contributed by atoms with Crippen LogP contribution in [0.4, 0.5) is 0 Å². The zero-order valence-corrected chi connectivity index (χ0v) is 5.04. The van der Waals surface area contributed by atoms with Gasteiger partial charge in [0, 0.05) is 0 Å². The van der Waals surface area contributed by atoms with E-state index in [-0.39, 0.29) is 13.6 Å². The summed E-state index contributed by atoms with van der Waals surface area (Å²) in [6, 6.07) is 1.90. The minimum Gasteiger partial charge on any atom is -0.371 e. The minimum atomic E-state index is -0.341. The predicted molar refractivity (Wildman–Crippen MR) is 29.2 cm³/mol. The quantitative estimate of drug-likeness (QED) is 0.416. The lowest BCUT2D eigenvalue weighted by atomic mass is 10.5.